The third-order valence-corrected chi connectivity index (χ3v) is 2.79. The molecule has 1 aromatic carbocycles. The summed E-state index contributed by atoms with van der Waals surface area (Å²) >= 11 is 0. The zero-order chi connectivity index (χ0) is 14.5. The third-order valence-electron chi connectivity index (χ3n) is 2.79. The lowest BCUT2D eigenvalue weighted by Crippen LogP contribution is -2.00. The summed E-state index contributed by atoms with van der Waals surface area (Å²) in [6, 6.07) is 7.49. The second-order valence-corrected chi connectivity index (χ2v) is 3.97. The summed E-state index contributed by atoms with van der Waals surface area (Å²) < 4.78 is 6.51. The van der Waals surface area contributed by atoms with Crippen LogP contribution in [0.1, 0.15) is 18.3 Å². The number of rotatable bonds is 5. The standard InChI is InChI=1S/C14H14N3O3/c1-3-16-13(15-10-14(16)17(18)19)9-6-11-4-7-12(20-2)8-5-11/h3-10H,1-2H3/b9-6+. The maximum atomic E-state index is 10.8. The zero-order valence-corrected chi connectivity index (χ0v) is 11.2. The average molecular weight is 272 g/mol. The van der Waals surface area contributed by atoms with Crippen LogP contribution in [0.15, 0.2) is 30.5 Å². The van der Waals surface area contributed by atoms with Gasteiger partial charge in [0, 0.05) is 6.08 Å². The molecule has 0 spiro atoms. The molecule has 0 N–H and O–H groups in total. The lowest BCUT2D eigenvalue weighted by atomic mass is 10.2. The van der Waals surface area contributed by atoms with E-state index < -0.39 is 4.92 Å². The summed E-state index contributed by atoms with van der Waals surface area (Å²) in [6.45, 7) is 3.33. The van der Waals surface area contributed by atoms with Crippen molar-refractivity contribution in [2.75, 3.05) is 7.11 Å². The number of ether oxygens (including phenoxy) is 1. The molecule has 0 saturated heterocycles. The van der Waals surface area contributed by atoms with E-state index in [1.165, 1.54) is 10.8 Å². The Kier molecular flexibility index (Phi) is 4.14. The number of hydrogen-bond donors (Lipinski definition) is 0. The van der Waals surface area contributed by atoms with E-state index in [0.29, 0.717) is 5.82 Å². The maximum Gasteiger partial charge on any atom is 0.343 e. The fourth-order valence-electron chi connectivity index (χ4n) is 1.77. The quantitative estimate of drug-likeness (QED) is 0.619. The maximum absolute atomic E-state index is 10.8. The van der Waals surface area contributed by atoms with Crippen LogP contribution in [0.25, 0.3) is 12.2 Å². The average Bonchev–Trinajstić information content (AvgIpc) is 2.88. The zero-order valence-electron chi connectivity index (χ0n) is 11.2. The predicted molar refractivity (Wildman–Crippen MR) is 76.2 cm³/mol. The van der Waals surface area contributed by atoms with Gasteiger partial charge in [0.1, 0.15) is 18.5 Å². The van der Waals surface area contributed by atoms with Gasteiger partial charge in [0.05, 0.1) is 7.11 Å². The minimum atomic E-state index is -0.461. The van der Waals surface area contributed by atoms with Gasteiger partial charge in [-0.15, -0.1) is 0 Å². The number of methoxy groups -OCH3 is 1. The number of hydrogen-bond acceptors (Lipinski definition) is 4. The van der Waals surface area contributed by atoms with Crippen molar-refractivity contribution in [1.29, 1.82) is 0 Å². The van der Waals surface area contributed by atoms with E-state index in [1.54, 1.807) is 26.7 Å². The molecule has 0 unspecified atom stereocenters. The molecular weight excluding hydrogens is 258 g/mol. The van der Waals surface area contributed by atoms with E-state index in [-0.39, 0.29) is 5.82 Å². The van der Waals surface area contributed by atoms with Crippen LogP contribution < -0.4 is 4.74 Å². The van der Waals surface area contributed by atoms with Crippen molar-refractivity contribution in [1.82, 2.24) is 9.55 Å². The minimum absolute atomic E-state index is 0.0538. The summed E-state index contributed by atoms with van der Waals surface area (Å²) in [7, 11) is 1.61. The van der Waals surface area contributed by atoms with Crippen LogP contribution in [-0.4, -0.2) is 21.6 Å². The van der Waals surface area contributed by atoms with Gasteiger partial charge in [0.2, 0.25) is 5.82 Å². The van der Waals surface area contributed by atoms with Gasteiger partial charge in [-0.05, 0) is 35.6 Å². The molecule has 1 radical (unpaired) electrons. The fraction of sp³-hybridized carbons (Fsp3) is 0.143. The first kappa shape index (κ1) is 13.8. The summed E-state index contributed by atoms with van der Waals surface area (Å²) in [5.74, 6) is 1.23. The van der Waals surface area contributed by atoms with Gasteiger partial charge in [-0.2, -0.15) is 4.57 Å². The third kappa shape index (κ3) is 2.85. The van der Waals surface area contributed by atoms with Crippen molar-refractivity contribution < 1.29 is 9.66 Å². The monoisotopic (exact) mass is 272 g/mol. The van der Waals surface area contributed by atoms with E-state index in [2.05, 4.69) is 4.98 Å². The molecule has 0 aliphatic rings. The number of benzene rings is 1. The molecule has 6 heteroatoms. The Balaban J connectivity index is 2.24. The van der Waals surface area contributed by atoms with Crippen molar-refractivity contribution in [2.24, 2.45) is 0 Å². The van der Waals surface area contributed by atoms with E-state index >= 15 is 0 Å². The van der Waals surface area contributed by atoms with E-state index in [4.69, 9.17) is 4.74 Å². The highest BCUT2D eigenvalue weighted by molar-refractivity contribution is 5.67. The smallest absolute Gasteiger partial charge is 0.343 e. The molecule has 0 saturated carbocycles. The first-order chi connectivity index (χ1) is 9.65. The van der Waals surface area contributed by atoms with Crippen molar-refractivity contribution >= 4 is 18.0 Å². The molecule has 1 aromatic heterocycles. The molecule has 0 fully saturated rings. The first-order valence-corrected chi connectivity index (χ1v) is 5.99. The van der Waals surface area contributed by atoms with Crippen LogP contribution >= 0.6 is 0 Å². The Bertz CT molecular complexity index is 630. The summed E-state index contributed by atoms with van der Waals surface area (Å²) in [5, 5.41) is 10.8. The number of imidazole rings is 1. The van der Waals surface area contributed by atoms with Crippen LogP contribution in [0, 0.1) is 16.7 Å². The molecule has 0 aliphatic carbocycles. The van der Waals surface area contributed by atoms with Gasteiger partial charge in [-0.1, -0.05) is 12.1 Å². The van der Waals surface area contributed by atoms with Gasteiger partial charge in [-0.25, -0.2) is 4.98 Å². The van der Waals surface area contributed by atoms with Crippen molar-refractivity contribution in [3.63, 3.8) is 0 Å². The molecule has 2 rings (SSSR count). The summed E-state index contributed by atoms with van der Waals surface area (Å²) in [5.41, 5.74) is 0.958. The molecule has 103 valence electrons. The fourth-order valence-corrected chi connectivity index (χ4v) is 1.77. The largest absolute Gasteiger partial charge is 0.497 e. The number of nitrogens with zero attached hydrogens (tertiary/aromatic N) is 3. The van der Waals surface area contributed by atoms with E-state index in [9.17, 15) is 10.1 Å². The number of aromatic nitrogens is 2. The Hall–Kier alpha value is -2.63. The second-order valence-electron chi connectivity index (χ2n) is 3.97. The summed E-state index contributed by atoms with van der Waals surface area (Å²) in [6.07, 6.45) is 4.81. The van der Waals surface area contributed by atoms with Crippen LogP contribution in [0.5, 0.6) is 5.75 Å². The van der Waals surface area contributed by atoms with Gasteiger partial charge in [0.15, 0.2) is 0 Å². The van der Waals surface area contributed by atoms with E-state index in [0.717, 1.165) is 11.3 Å². The highest BCUT2D eigenvalue weighted by Crippen LogP contribution is 2.18. The molecule has 2 aromatic rings. The molecule has 6 nitrogen and oxygen atoms in total. The van der Waals surface area contributed by atoms with Crippen LogP contribution in [0.3, 0.4) is 0 Å². The molecule has 0 aliphatic heterocycles. The Labute approximate surface area is 116 Å². The predicted octanol–water partition coefficient (Wildman–Crippen LogP) is 3.00. The lowest BCUT2D eigenvalue weighted by Gasteiger charge is -1.99. The highest BCUT2D eigenvalue weighted by atomic mass is 16.6. The van der Waals surface area contributed by atoms with Gasteiger partial charge >= 0.3 is 5.82 Å². The number of nitro groups is 1. The Morgan fingerprint density at radius 3 is 2.55 bits per heavy atom. The Morgan fingerprint density at radius 2 is 2.00 bits per heavy atom. The van der Waals surface area contributed by atoms with Gasteiger partial charge in [0.25, 0.3) is 0 Å². The molecule has 0 amide bonds. The van der Waals surface area contributed by atoms with Crippen molar-refractivity contribution in [2.45, 2.75) is 6.92 Å². The molecule has 1 heterocycles. The second kappa shape index (κ2) is 6.01. The molecular formula is C14H14N3O3. The van der Waals surface area contributed by atoms with Crippen molar-refractivity contribution in [3.8, 4) is 5.75 Å². The SMILES string of the molecule is C[CH]n1c([N+](=O)[O-])cnc1/C=C/c1ccc(OC)cc1. The normalized spacial score (nSPS) is 10.9. The highest BCUT2D eigenvalue weighted by Gasteiger charge is 2.16. The van der Waals surface area contributed by atoms with Gasteiger partial charge < -0.3 is 14.9 Å². The van der Waals surface area contributed by atoms with Crippen LogP contribution in [0.2, 0.25) is 0 Å². The van der Waals surface area contributed by atoms with E-state index in [1.807, 2.05) is 30.3 Å². The lowest BCUT2D eigenvalue weighted by molar-refractivity contribution is -0.391. The van der Waals surface area contributed by atoms with Crippen molar-refractivity contribution in [3.05, 3.63) is 58.5 Å². The first-order valence-electron chi connectivity index (χ1n) is 5.99. The van der Waals surface area contributed by atoms with Gasteiger partial charge in [-0.3, -0.25) is 0 Å². The topological polar surface area (TPSA) is 70.2 Å². The molecule has 20 heavy (non-hydrogen) atoms. The van der Waals surface area contributed by atoms with Crippen LogP contribution in [-0.2, 0) is 0 Å². The summed E-state index contributed by atoms with van der Waals surface area (Å²) in [4.78, 5) is 14.4. The van der Waals surface area contributed by atoms with Crippen LogP contribution in [0.4, 0.5) is 5.82 Å². The minimum Gasteiger partial charge on any atom is -0.497 e. The molecule has 0 bridgehead atoms. The Morgan fingerprint density at radius 1 is 1.30 bits per heavy atom. The molecule has 0 atom stereocenters.